The molecule has 32 heavy (non-hydrogen) atoms. The fourth-order valence-corrected chi connectivity index (χ4v) is 4.00. The monoisotopic (exact) mass is 435 g/mol. The van der Waals surface area contributed by atoms with Gasteiger partial charge in [-0.05, 0) is 55.2 Å². The van der Waals surface area contributed by atoms with Gasteiger partial charge in [0.15, 0.2) is 0 Å². The van der Waals surface area contributed by atoms with E-state index in [1.54, 1.807) is 23.1 Å². The first kappa shape index (κ1) is 21.5. The number of nitrogens with two attached hydrogens (primary N) is 1. The van der Waals surface area contributed by atoms with E-state index in [1.165, 1.54) is 16.8 Å². The van der Waals surface area contributed by atoms with Crippen LogP contribution in [0.1, 0.15) is 18.5 Å². The van der Waals surface area contributed by atoms with Crippen molar-refractivity contribution in [1.29, 1.82) is 0 Å². The zero-order valence-corrected chi connectivity index (χ0v) is 17.9. The lowest BCUT2D eigenvalue weighted by molar-refractivity contribution is -0.135. The van der Waals surface area contributed by atoms with Crippen LogP contribution in [0.2, 0.25) is 0 Å². The van der Waals surface area contributed by atoms with E-state index in [4.69, 9.17) is 5.73 Å². The van der Waals surface area contributed by atoms with Crippen LogP contribution in [0.15, 0.2) is 54.6 Å². The fourth-order valence-electron chi connectivity index (χ4n) is 4.00. The number of piperidine rings is 1. The van der Waals surface area contributed by atoms with Crippen LogP contribution in [0.5, 0.6) is 0 Å². The zero-order chi connectivity index (χ0) is 22.7. The van der Waals surface area contributed by atoms with Gasteiger partial charge in [0.05, 0.1) is 11.6 Å². The molecule has 1 aromatic heterocycles. The molecule has 1 saturated heterocycles. The fraction of sp³-hybridized carbons (Fsp3) is 0.292. The van der Waals surface area contributed by atoms with Crippen molar-refractivity contribution in [2.75, 3.05) is 24.1 Å². The molecule has 2 heterocycles. The van der Waals surface area contributed by atoms with E-state index in [2.05, 4.69) is 10.4 Å². The van der Waals surface area contributed by atoms with Gasteiger partial charge in [0.2, 0.25) is 11.8 Å². The van der Waals surface area contributed by atoms with Gasteiger partial charge in [0, 0.05) is 24.8 Å². The number of hydrogen-bond acceptors (Lipinski definition) is 4. The van der Waals surface area contributed by atoms with E-state index in [9.17, 15) is 14.0 Å². The Morgan fingerprint density at radius 1 is 1.16 bits per heavy atom. The average Bonchev–Trinajstić information content (AvgIpc) is 3.11. The molecule has 0 spiro atoms. The number of hydrogen-bond donors (Lipinski definition) is 2. The number of anilines is 2. The smallest absolute Gasteiger partial charge is 0.244 e. The highest BCUT2D eigenvalue weighted by Crippen LogP contribution is 2.24. The molecule has 1 unspecified atom stereocenters. The predicted molar refractivity (Wildman–Crippen MR) is 121 cm³/mol. The number of halogens is 1. The third-order valence-electron chi connectivity index (χ3n) is 5.67. The molecule has 0 radical (unpaired) electrons. The minimum Gasteiger partial charge on any atom is -0.384 e. The molecule has 166 valence electrons. The second-order valence-electron chi connectivity index (χ2n) is 8.12. The Hall–Kier alpha value is -3.68. The van der Waals surface area contributed by atoms with Crippen LogP contribution in [0.25, 0.3) is 11.1 Å². The Morgan fingerprint density at radius 2 is 1.94 bits per heavy atom. The summed E-state index contributed by atoms with van der Waals surface area (Å²) in [4.78, 5) is 27.3. The maximum atomic E-state index is 13.2. The van der Waals surface area contributed by atoms with Crippen LogP contribution in [0.3, 0.4) is 0 Å². The lowest BCUT2D eigenvalue weighted by Crippen LogP contribution is -2.45. The third kappa shape index (κ3) is 4.96. The third-order valence-corrected chi connectivity index (χ3v) is 5.67. The highest BCUT2D eigenvalue weighted by molar-refractivity contribution is 5.93. The van der Waals surface area contributed by atoms with Crippen molar-refractivity contribution in [3.63, 3.8) is 0 Å². The van der Waals surface area contributed by atoms with Crippen LogP contribution >= 0.6 is 0 Å². The summed E-state index contributed by atoms with van der Waals surface area (Å²) in [7, 11) is 0. The van der Waals surface area contributed by atoms with Gasteiger partial charge >= 0.3 is 0 Å². The molecule has 2 aromatic carbocycles. The summed E-state index contributed by atoms with van der Waals surface area (Å²) in [6.45, 7) is 2.86. The van der Waals surface area contributed by atoms with Gasteiger partial charge in [-0.3, -0.25) is 9.59 Å². The second-order valence-corrected chi connectivity index (χ2v) is 8.12. The van der Waals surface area contributed by atoms with Crippen LogP contribution in [-0.4, -0.2) is 39.6 Å². The number of aryl methyl sites for hydroxylation is 1. The van der Waals surface area contributed by atoms with Gasteiger partial charge in [-0.15, -0.1) is 0 Å². The van der Waals surface area contributed by atoms with E-state index in [0.717, 1.165) is 29.7 Å². The van der Waals surface area contributed by atoms with E-state index >= 15 is 0 Å². The molecule has 1 aliphatic heterocycles. The Labute approximate surface area is 186 Å². The normalized spacial score (nSPS) is 16.1. The van der Waals surface area contributed by atoms with E-state index in [0.29, 0.717) is 24.6 Å². The molecular formula is C24H26FN5O2. The van der Waals surface area contributed by atoms with Crippen molar-refractivity contribution in [2.24, 2.45) is 5.92 Å². The Kier molecular flexibility index (Phi) is 6.20. The summed E-state index contributed by atoms with van der Waals surface area (Å²) in [6, 6.07) is 15.4. The van der Waals surface area contributed by atoms with Gasteiger partial charge in [0.1, 0.15) is 18.2 Å². The van der Waals surface area contributed by atoms with Gasteiger partial charge in [-0.1, -0.05) is 24.3 Å². The maximum Gasteiger partial charge on any atom is 0.244 e. The molecule has 8 heteroatoms. The van der Waals surface area contributed by atoms with Crippen molar-refractivity contribution in [2.45, 2.75) is 26.3 Å². The lowest BCUT2D eigenvalue weighted by atomic mass is 9.96. The Bertz CT molecular complexity index is 1130. The number of nitrogen functional groups attached to an aromatic ring is 1. The molecule has 7 nitrogen and oxygen atoms in total. The molecule has 1 aliphatic rings. The molecular weight excluding hydrogens is 409 g/mol. The molecule has 0 bridgehead atoms. The van der Waals surface area contributed by atoms with Crippen molar-refractivity contribution < 1.29 is 14.0 Å². The number of amides is 2. The van der Waals surface area contributed by atoms with Gasteiger partial charge in [0.25, 0.3) is 0 Å². The predicted octanol–water partition coefficient (Wildman–Crippen LogP) is 3.46. The number of carbonyl (C=O) groups excluding carboxylic acids is 2. The molecule has 1 fully saturated rings. The van der Waals surface area contributed by atoms with Crippen LogP contribution in [0.4, 0.5) is 15.9 Å². The Morgan fingerprint density at radius 3 is 2.66 bits per heavy atom. The minimum atomic E-state index is -0.293. The molecule has 2 amide bonds. The van der Waals surface area contributed by atoms with E-state index in [-0.39, 0.29) is 30.1 Å². The molecule has 1 atom stereocenters. The zero-order valence-electron chi connectivity index (χ0n) is 17.9. The number of aromatic nitrogens is 2. The molecule has 0 aliphatic carbocycles. The van der Waals surface area contributed by atoms with Gasteiger partial charge in [-0.2, -0.15) is 5.10 Å². The number of likely N-dealkylation sites (tertiary alicyclic amines) is 1. The molecule has 4 rings (SSSR count). The molecule has 0 saturated carbocycles. The quantitative estimate of drug-likeness (QED) is 0.642. The van der Waals surface area contributed by atoms with Crippen molar-refractivity contribution in [3.05, 3.63) is 66.1 Å². The largest absolute Gasteiger partial charge is 0.384 e. The molecule has 3 aromatic rings. The summed E-state index contributed by atoms with van der Waals surface area (Å²) in [6.07, 6.45) is 1.48. The first-order chi connectivity index (χ1) is 15.4. The van der Waals surface area contributed by atoms with Crippen LogP contribution < -0.4 is 11.1 Å². The van der Waals surface area contributed by atoms with Gasteiger partial charge in [-0.25, -0.2) is 9.07 Å². The summed E-state index contributed by atoms with van der Waals surface area (Å²) in [5, 5.41) is 7.20. The van der Waals surface area contributed by atoms with E-state index < -0.39 is 0 Å². The lowest BCUT2D eigenvalue weighted by Gasteiger charge is -2.32. The van der Waals surface area contributed by atoms with Crippen molar-refractivity contribution in [3.8, 4) is 11.1 Å². The molecule has 3 N–H and O–H groups in total. The van der Waals surface area contributed by atoms with Crippen molar-refractivity contribution in [1.82, 2.24) is 14.7 Å². The Balaban J connectivity index is 1.39. The number of rotatable bonds is 5. The first-order valence-corrected chi connectivity index (χ1v) is 10.6. The maximum absolute atomic E-state index is 13.2. The van der Waals surface area contributed by atoms with Gasteiger partial charge < -0.3 is 16.0 Å². The summed E-state index contributed by atoms with van der Waals surface area (Å²) in [5.41, 5.74) is 9.06. The highest BCUT2D eigenvalue weighted by Gasteiger charge is 2.29. The number of carbonyl (C=O) groups is 2. The first-order valence-electron chi connectivity index (χ1n) is 10.6. The van der Waals surface area contributed by atoms with Crippen LogP contribution in [-0.2, 0) is 16.1 Å². The van der Waals surface area contributed by atoms with Crippen LogP contribution in [0, 0.1) is 18.7 Å². The minimum absolute atomic E-state index is 0.0632. The topological polar surface area (TPSA) is 93.2 Å². The number of nitrogens with one attached hydrogen (secondary N) is 1. The standard InChI is InChI=1S/C24H26FN5O2/c1-16-12-22(26)30(28-16)15-23(31)29-11-3-5-19(14-29)24(32)27-21-6-2-4-18(13-21)17-7-9-20(25)10-8-17/h2,4,6-10,12-13,19H,3,5,11,14-15,26H2,1H3,(H,27,32). The van der Waals surface area contributed by atoms with E-state index in [1.807, 2.05) is 31.2 Å². The SMILES string of the molecule is Cc1cc(N)n(CC(=O)N2CCCC(C(=O)Nc3cccc(-c4ccc(F)cc4)c3)C2)n1. The van der Waals surface area contributed by atoms with Crippen molar-refractivity contribution >= 4 is 23.3 Å². The summed E-state index contributed by atoms with van der Waals surface area (Å²) >= 11 is 0. The average molecular weight is 436 g/mol. The summed E-state index contributed by atoms with van der Waals surface area (Å²) in [5.74, 6) is -0.356. The number of nitrogens with zero attached hydrogens (tertiary/aromatic N) is 3. The summed E-state index contributed by atoms with van der Waals surface area (Å²) < 4.78 is 14.7. The highest BCUT2D eigenvalue weighted by atomic mass is 19.1. The number of benzene rings is 2. The second kappa shape index (κ2) is 9.21.